The molecule has 1 heterocycles. The Morgan fingerprint density at radius 1 is 1.09 bits per heavy atom. The van der Waals surface area contributed by atoms with Gasteiger partial charge >= 0.3 is 0 Å². The predicted molar refractivity (Wildman–Crippen MR) is 138 cm³/mol. The number of piperidine rings is 1. The SMILES string of the molecule is CN=C(NCc1ccc([N+](=O)[O-])cc1)NCC(c1ccc(OC)cc1)N1CCCCC1.I. The molecule has 1 aliphatic heterocycles. The molecule has 8 nitrogen and oxygen atoms in total. The molecule has 2 N–H and O–H groups in total. The highest BCUT2D eigenvalue weighted by atomic mass is 127. The lowest BCUT2D eigenvalue weighted by atomic mass is 10.0. The number of nitrogens with zero attached hydrogens (tertiary/aromatic N) is 3. The van der Waals surface area contributed by atoms with E-state index >= 15 is 0 Å². The minimum absolute atomic E-state index is 0. The van der Waals surface area contributed by atoms with E-state index in [2.05, 4.69) is 32.7 Å². The second-order valence-electron chi connectivity index (χ2n) is 7.62. The third-order valence-corrected chi connectivity index (χ3v) is 5.63. The molecule has 9 heteroatoms. The summed E-state index contributed by atoms with van der Waals surface area (Å²) in [7, 11) is 3.42. The Hall–Kier alpha value is -2.40. The molecular formula is C23H32IN5O3. The lowest BCUT2D eigenvalue weighted by Crippen LogP contribution is -2.44. The zero-order chi connectivity index (χ0) is 22.1. The van der Waals surface area contributed by atoms with Crippen LogP contribution >= 0.6 is 24.0 Å². The van der Waals surface area contributed by atoms with Gasteiger partial charge in [-0.1, -0.05) is 30.7 Å². The summed E-state index contributed by atoms with van der Waals surface area (Å²) in [6.45, 7) is 3.45. The number of nitrogens with one attached hydrogen (secondary N) is 2. The third kappa shape index (κ3) is 7.33. The largest absolute Gasteiger partial charge is 0.497 e. The number of guanidine groups is 1. The first-order chi connectivity index (χ1) is 15.1. The van der Waals surface area contributed by atoms with Gasteiger partial charge in [0.25, 0.3) is 5.69 Å². The molecule has 1 fully saturated rings. The fraction of sp³-hybridized carbons (Fsp3) is 0.435. The molecule has 1 atom stereocenters. The Morgan fingerprint density at radius 3 is 2.31 bits per heavy atom. The summed E-state index contributed by atoms with van der Waals surface area (Å²) in [5.41, 5.74) is 2.30. The van der Waals surface area contributed by atoms with Crippen molar-refractivity contribution < 1.29 is 9.66 Å². The number of methoxy groups -OCH3 is 1. The smallest absolute Gasteiger partial charge is 0.269 e. The van der Waals surface area contributed by atoms with Gasteiger partial charge in [-0.3, -0.25) is 20.0 Å². The van der Waals surface area contributed by atoms with Crippen molar-refractivity contribution in [2.75, 3.05) is 33.8 Å². The maximum absolute atomic E-state index is 10.8. The number of ether oxygens (including phenoxy) is 1. The molecule has 0 spiro atoms. The van der Waals surface area contributed by atoms with Crippen molar-refractivity contribution in [2.45, 2.75) is 31.8 Å². The lowest BCUT2D eigenvalue weighted by Gasteiger charge is -2.35. The van der Waals surface area contributed by atoms with E-state index < -0.39 is 4.92 Å². The zero-order valence-electron chi connectivity index (χ0n) is 18.6. The number of halogens is 1. The highest BCUT2D eigenvalue weighted by Gasteiger charge is 2.22. The highest BCUT2D eigenvalue weighted by molar-refractivity contribution is 14.0. The molecule has 1 unspecified atom stereocenters. The number of hydrogen-bond donors (Lipinski definition) is 2. The van der Waals surface area contributed by atoms with Crippen LogP contribution in [0.4, 0.5) is 5.69 Å². The van der Waals surface area contributed by atoms with Crippen LogP contribution in [0.25, 0.3) is 0 Å². The van der Waals surface area contributed by atoms with Crippen LogP contribution in [-0.2, 0) is 6.54 Å². The second-order valence-corrected chi connectivity index (χ2v) is 7.62. The molecule has 0 amide bonds. The van der Waals surface area contributed by atoms with E-state index in [4.69, 9.17) is 4.74 Å². The number of rotatable bonds is 8. The summed E-state index contributed by atoms with van der Waals surface area (Å²) in [4.78, 5) is 17.3. The molecule has 0 radical (unpaired) electrons. The summed E-state index contributed by atoms with van der Waals surface area (Å²) in [5, 5.41) is 17.6. The fourth-order valence-corrected chi connectivity index (χ4v) is 3.85. The first kappa shape index (κ1) is 25.9. The zero-order valence-corrected chi connectivity index (χ0v) is 21.0. The summed E-state index contributed by atoms with van der Waals surface area (Å²) in [6, 6.07) is 15.1. The van der Waals surface area contributed by atoms with Gasteiger partial charge < -0.3 is 15.4 Å². The fourth-order valence-electron chi connectivity index (χ4n) is 3.85. The van der Waals surface area contributed by atoms with E-state index in [1.165, 1.54) is 37.0 Å². The quantitative estimate of drug-likeness (QED) is 0.168. The van der Waals surface area contributed by atoms with Crippen molar-refractivity contribution in [3.8, 4) is 5.75 Å². The van der Waals surface area contributed by atoms with Crippen molar-refractivity contribution in [2.24, 2.45) is 4.99 Å². The molecule has 1 saturated heterocycles. The van der Waals surface area contributed by atoms with E-state index in [1.54, 1.807) is 26.3 Å². The minimum Gasteiger partial charge on any atom is -0.497 e. The van der Waals surface area contributed by atoms with Crippen molar-refractivity contribution in [1.82, 2.24) is 15.5 Å². The van der Waals surface area contributed by atoms with Gasteiger partial charge in [0.15, 0.2) is 5.96 Å². The molecule has 174 valence electrons. The van der Waals surface area contributed by atoms with Gasteiger partial charge in [0.05, 0.1) is 18.1 Å². The van der Waals surface area contributed by atoms with E-state index in [0.717, 1.165) is 30.9 Å². The van der Waals surface area contributed by atoms with Crippen LogP contribution in [-0.4, -0.2) is 49.6 Å². The van der Waals surface area contributed by atoms with Crippen LogP contribution in [0.3, 0.4) is 0 Å². The molecule has 32 heavy (non-hydrogen) atoms. The molecule has 0 aliphatic carbocycles. The summed E-state index contributed by atoms with van der Waals surface area (Å²) < 4.78 is 5.31. The average Bonchev–Trinajstić information content (AvgIpc) is 2.82. The van der Waals surface area contributed by atoms with Crippen molar-refractivity contribution in [3.63, 3.8) is 0 Å². The van der Waals surface area contributed by atoms with Crippen LogP contribution < -0.4 is 15.4 Å². The van der Waals surface area contributed by atoms with Crippen LogP contribution in [0.5, 0.6) is 5.75 Å². The number of nitro benzene ring substituents is 1. The van der Waals surface area contributed by atoms with Gasteiger partial charge in [-0.2, -0.15) is 0 Å². The molecule has 3 rings (SSSR count). The van der Waals surface area contributed by atoms with Gasteiger partial charge in [0.1, 0.15) is 5.75 Å². The van der Waals surface area contributed by atoms with Gasteiger partial charge in [-0.05, 0) is 49.2 Å². The topological polar surface area (TPSA) is 92.0 Å². The number of likely N-dealkylation sites (tertiary alicyclic amines) is 1. The monoisotopic (exact) mass is 553 g/mol. The van der Waals surface area contributed by atoms with Gasteiger partial charge in [-0.25, -0.2) is 0 Å². The Bertz CT molecular complexity index is 868. The molecule has 0 saturated carbocycles. The third-order valence-electron chi connectivity index (χ3n) is 5.63. The standard InChI is InChI=1S/C23H31N5O3.HI/c1-24-23(25-16-18-6-10-20(11-7-18)28(29)30)26-17-22(27-14-4-3-5-15-27)19-8-12-21(31-2)13-9-19;/h6-13,22H,3-5,14-17H2,1-2H3,(H2,24,25,26);1H. The van der Waals surface area contributed by atoms with E-state index in [-0.39, 0.29) is 35.7 Å². The molecule has 0 bridgehead atoms. The summed E-state index contributed by atoms with van der Waals surface area (Å²) in [5.74, 6) is 1.56. The Morgan fingerprint density at radius 2 is 1.75 bits per heavy atom. The first-order valence-electron chi connectivity index (χ1n) is 10.7. The van der Waals surface area contributed by atoms with Crippen LogP contribution in [0.2, 0.25) is 0 Å². The van der Waals surface area contributed by atoms with Crippen molar-refractivity contribution >= 4 is 35.6 Å². The normalized spacial score (nSPS) is 15.4. The Labute approximate surface area is 206 Å². The number of nitro groups is 1. The molecule has 2 aromatic rings. The number of aliphatic imine (C=N–C) groups is 1. The lowest BCUT2D eigenvalue weighted by molar-refractivity contribution is -0.384. The number of non-ortho nitro benzene ring substituents is 1. The molecule has 0 aromatic heterocycles. The van der Waals surface area contributed by atoms with E-state index in [0.29, 0.717) is 12.5 Å². The second kappa shape index (κ2) is 13.2. The van der Waals surface area contributed by atoms with Gasteiger partial charge in [-0.15, -0.1) is 24.0 Å². The number of benzene rings is 2. The van der Waals surface area contributed by atoms with Gasteiger partial charge in [0.2, 0.25) is 0 Å². The maximum atomic E-state index is 10.8. The highest BCUT2D eigenvalue weighted by Crippen LogP contribution is 2.25. The van der Waals surface area contributed by atoms with E-state index in [1.807, 2.05) is 12.1 Å². The molecule has 1 aliphatic rings. The molecule has 2 aromatic carbocycles. The maximum Gasteiger partial charge on any atom is 0.269 e. The predicted octanol–water partition coefficient (Wildman–Crippen LogP) is 4.11. The number of hydrogen-bond acceptors (Lipinski definition) is 5. The Balaban J connectivity index is 0.00000363. The molecular weight excluding hydrogens is 521 g/mol. The summed E-state index contributed by atoms with van der Waals surface area (Å²) in [6.07, 6.45) is 3.73. The van der Waals surface area contributed by atoms with E-state index in [9.17, 15) is 10.1 Å². The van der Waals surface area contributed by atoms with Gasteiger partial charge in [0, 0.05) is 32.3 Å². The van der Waals surface area contributed by atoms with Crippen LogP contribution in [0.15, 0.2) is 53.5 Å². The Kier molecular flexibility index (Phi) is 10.7. The average molecular weight is 553 g/mol. The first-order valence-corrected chi connectivity index (χ1v) is 10.7. The van der Waals surface area contributed by atoms with Crippen molar-refractivity contribution in [3.05, 3.63) is 69.8 Å². The van der Waals surface area contributed by atoms with Crippen molar-refractivity contribution in [1.29, 1.82) is 0 Å². The van der Waals surface area contributed by atoms with Crippen LogP contribution in [0, 0.1) is 10.1 Å². The van der Waals surface area contributed by atoms with Crippen LogP contribution in [0.1, 0.15) is 36.4 Å². The minimum atomic E-state index is -0.391. The summed E-state index contributed by atoms with van der Waals surface area (Å²) >= 11 is 0.